The lowest BCUT2D eigenvalue weighted by Crippen LogP contribution is -2.51. The Hall–Kier alpha value is -3.68. The van der Waals surface area contributed by atoms with Crippen molar-refractivity contribution in [1.82, 2.24) is 5.32 Å². The first-order valence-corrected chi connectivity index (χ1v) is 14.0. The van der Waals surface area contributed by atoms with Crippen molar-refractivity contribution in [3.8, 4) is 5.75 Å². The monoisotopic (exact) mass is 533 g/mol. The molecule has 8 heteroatoms. The molecule has 4 rings (SSSR count). The van der Waals surface area contributed by atoms with Gasteiger partial charge in [-0.3, -0.25) is 19.3 Å². The summed E-state index contributed by atoms with van der Waals surface area (Å²) in [6.45, 7) is 1.80. The Labute approximate surface area is 230 Å². The van der Waals surface area contributed by atoms with Crippen LogP contribution >= 0.6 is 0 Å². The first-order chi connectivity index (χ1) is 18.8. The number of carbonyl (C=O) groups excluding carboxylic acids is 4. The number of rotatable bonds is 14. The molecule has 2 aromatic carbocycles. The highest BCUT2D eigenvalue weighted by atomic mass is 16.5. The van der Waals surface area contributed by atoms with Crippen LogP contribution in [-0.2, 0) is 38.4 Å². The van der Waals surface area contributed by atoms with Gasteiger partial charge in [-0.2, -0.15) is 0 Å². The standard InChI is InChI=1S/C31H39N3O5/c1-21(35)8-3-2-4-9-22-10-5-14-26(18-22)39-20-25(16-17-28(32)36)33-31(38)27-19-24-13-6-11-23-12-7-15-29(37)34(27)30(23)24/h5-6,10-11,13-14,18,25,27H,2-4,7-9,12,15-17,19-20H2,1H3,(H2,32,36)(H,33,38)/t25-,27-/m0/s1. The molecule has 2 aromatic rings. The van der Waals surface area contributed by atoms with E-state index in [2.05, 4.69) is 11.4 Å². The maximum atomic E-state index is 13.5. The van der Waals surface area contributed by atoms with Crippen LogP contribution < -0.4 is 20.7 Å². The molecular formula is C31H39N3O5. The average Bonchev–Trinajstić information content (AvgIpc) is 3.22. The number of nitrogens with one attached hydrogen (secondary N) is 1. The van der Waals surface area contributed by atoms with Crippen molar-refractivity contribution in [1.29, 1.82) is 0 Å². The minimum absolute atomic E-state index is 0.0260. The number of anilines is 1. The highest BCUT2D eigenvalue weighted by molar-refractivity contribution is 6.04. The van der Waals surface area contributed by atoms with E-state index in [1.54, 1.807) is 11.8 Å². The van der Waals surface area contributed by atoms with E-state index in [1.165, 1.54) is 0 Å². The zero-order valence-electron chi connectivity index (χ0n) is 22.7. The lowest BCUT2D eigenvalue weighted by atomic mass is 10.0. The van der Waals surface area contributed by atoms with E-state index in [1.807, 2.05) is 36.4 Å². The predicted octanol–water partition coefficient (Wildman–Crippen LogP) is 3.80. The maximum Gasteiger partial charge on any atom is 0.243 e. The number of aryl methyl sites for hydroxylation is 2. The van der Waals surface area contributed by atoms with Crippen molar-refractivity contribution in [3.05, 3.63) is 59.2 Å². The second-order valence-corrected chi connectivity index (χ2v) is 10.7. The number of carbonyl (C=O) groups is 4. The van der Waals surface area contributed by atoms with Gasteiger partial charge in [0.25, 0.3) is 0 Å². The first-order valence-electron chi connectivity index (χ1n) is 14.0. The second kappa shape index (κ2) is 13.4. The molecule has 8 nitrogen and oxygen atoms in total. The number of nitrogens with zero attached hydrogens (tertiary/aromatic N) is 1. The molecule has 208 valence electrons. The summed E-state index contributed by atoms with van der Waals surface area (Å²) in [6, 6.07) is 12.8. The highest BCUT2D eigenvalue weighted by Gasteiger charge is 2.41. The van der Waals surface area contributed by atoms with Gasteiger partial charge in [0.05, 0.1) is 11.7 Å². The average molecular weight is 534 g/mol. The van der Waals surface area contributed by atoms with Crippen LogP contribution in [0, 0.1) is 0 Å². The number of hydrogen-bond acceptors (Lipinski definition) is 5. The van der Waals surface area contributed by atoms with E-state index < -0.39 is 18.0 Å². The van der Waals surface area contributed by atoms with Crippen LogP contribution in [0.25, 0.3) is 0 Å². The summed E-state index contributed by atoms with van der Waals surface area (Å²) >= 11 is 0. The molecule has 0 saturated carbocycles. The van der Waals surface area contributed by atoms with E-state index in [-0.39, 0.29) is 30.6 Å². The fourth-order valence-corrected chi connectivity index (χ4v) is 5.51. The van der Waals surface area contributed by atoms with Crippen LogP contribution in [-0.4, -0.2) is 42.2 Å². The molecule has 2 atom stereocenters. The minimum atomic E-state index is -0.617. The minimum Gasteiger partial charge on any atom is -0.491 e. The van der Waals surface area contributed by atoms with Crippen LogP contribution in [0.4, 0.5) is 5.69 Å². The van der Waals surface area contributed by atoms with Crippen LogP contribution in [0.2, 0.25) is 0 Å². The number of unbranched alkanes of at least 4 members (excludes halogenated alkanes) is 2. The lowest BCUT2D eigenvalue weighted by molar-refractivity contribution is -0.127. The quantitative estimate of drug-likeness (QED) is 0.358. The number of hydrogen-bond donors (Lipinski definition) is 2. The molecule has 0 unspecified atom stereocenters. The van der Waals surface area contributed by atoms with E-state index >= 15 is 0 Å². The third-order valence-corrected chi connectivity index (χ3v) is 7.51. The molecule has 0 aromatic heterocycles. The van der Waals surface area contributed by atoms with Crippen molar-refractivity contribution >= 4 is 29.2 Å². The van der Waals surface area contributed by atoms with Gasteiger partial charge in [0, 0.05) is 25.7 Å². The Balaban J connectivity index is 1.38. The van der Waals surface area contributed by atoms with E-state index in [0.29, 0.717) is 31.4 Å². The lowest BCUT2D eigenvalue weighted by Gasteiger charge is -2.27. The summed E-state index contributed by atoms with van der Waals surface area (Å²) in [4.78, 5) is 50.8. The molecule has 3 N–H and O–H groups in total. The largest absolute Gasteiger partial charge is 0.491 e. The fraction of sp³-hybridized carbons (Fsp3) is 0.484. The topological polar surface area (TPSA) is 119 Å². The number of Topliss-reactive ketones (excluding diaryl/α,β-unsaturated/α-hetero) is 1. The Morgan fingerprint density at radius 1 is 1.05 bits per heavy atom. The molecule has 0 bridgehead atoms. The molecular weight excluding hydrogens is 494 g/mol. The molecule has 0 fully saturated rings. The number of para-hydroxylation sites is 1. The van der Waals surface area contributed by atoms with Crippen molar-refractivity contribution in [2.24, 2.45) is 5.73 Å². The van der Waals surface area contributed by atoms with Gasteiger partial charge in [-0.25, -0.2) is 0 Å². The smallest absolute Gasteiger partial charge is 0.243 e. The molecule has 3 amide bonds. The van der Waals surface area contributed by atoms with Crippen molar-refractivity contribution in [2.75, 3.05) is 11.5 Å². The second-order valence-electron chi connectivity index (χ2n) is 10.7. The van der Waals surface area contributed by atoms with Gasteiger partial charge in [-0.15, -0.1) is 0 Å². The van der Waals surface area contributed by atoms with Crippen molar-refractivity contribution < 1.29 is 23.9 Å². The van der Waals surface area contributed by atoms with Crippen LogP contribution in [0.5, 0.6) is 5.75 Å². The van der Waals surface area contributed by atoms with Gasteiger partial charge >= 0.3 is 0 Å². The van der Waals surface area contributed by atoms with Crippen molar-refractivity contribution in [3.63, 3.8) is 0 Å². The Morgan fingerprint density at radius 2 is 1.85 bits per heavy atom. The van der Waals surface area contributed by atoms with E-state index in [4.69, 9.17) is 10.5 Å². The third kappa shape index (κ3) is 7.68. The molecule has 2 aliphatic rings. The van der Waals surface area contributed by atoms with Gasteiger partial charge in [0.2, 0.25) is 17.7 Å². The number of amides is 3. The van der Waals surface area contributed by atoms with Gasteiger partial charge in [0.1, 0.15) is 24.2 Å². The third-order valence-electron chi connectivity index (χ3n) is 7.51. The Bertz CT molecular complexity index is 1210. The first kappa shape index (κ1) is 28.3. The van der Waals surface area contributed by atoms with Gasteiger partial charge in [-0.1, -0.05) is 36.8 Å². The van der Waals surface area contributed by atoms with Crippen LogP contribution in [0.15, 0.2) is 42.5 Å². The molecule has 39 heavy (non-hydrogen) atoms. The molecule has 0 aliphatic carbocycles. The summed E-state index contributed by atoms with van der Waals surface area (Å²) in [6.07, 6.45) is 7.36. The molecule has 0 radical (unpaired) electrons. The number of benzene rings is 2. The number of nitrogens with two attached hydrogens (primary N) is 1. The maximum absolute atomic E-state index is 13.5. The summed E-state index contributed by atoms with van der Waals surface area (Å²) in [5.41, 5.74) is 9.57. The molecule has 0 saturated heterocycles. The van der Waals surface area contributed by atoms with E-state index in [9.17, 15) is 19.2 Å². The van der Waals surface area contributed by atoms with Gasteiger partial charge in [0.15, 0.2) is 0 Å². The number of ether oxygens (including phenoxy) is 1. The fourth-order valence-electron chi connectivity index (χ4n) is 5.51. The molecule has 2 aliphatic heterocycles. The Kier molecular flexibility index (Phi) is 9.74. The normalized spacial score (nSPS) is 16.8. The van der Waals surface area contributed by atoms with E-state index in [0.717, 1.165) is 60.9 Å². The molecule has 2 heterocycles. The number of ketones is 1. The Morgan fingerprint density at radius 3 is 2.64 bits per heavy atom. The number of primary amides is 1. The SMILES string of the molecule is CC(=O)CCCCCc1cccc(OC[C@H](CCC(N)=O)NC(=O)[C@@H]2Cc3cccc4c3N2C(=O)CCC4)c1. The molecule has 0 spiro atoms. The zero-order valence-corrected chi connectivity index (χ0v) is 22.7. The summed E-state index contributed by atoms with van der Waals surface area (Å²) in [5, 5.41) is 3.05. The van der Waals surface area contributed by atoms with Gasteiger partial charge < -0.3 is 20.6 Å². The summed E-state index contributed by atoms with van der Waals surface area (Å²) < 4.78 is 6.06. The van der Waals surface area contributed by atoms with Crippen molar-refractivity contribution in [2.45, 2.75) is 89.6 Å². The van der Waals surface area contributed by atoms with Crippen LogP contribution in [0.1, 0.15) is 75.0 Å². The predicted molar refractivity (Wildman–Crippen MR) is 150 cm³/mol. The highest BCUT2D eigenvalue weighted by Crippen LogP contribution is 2.39. The van der Waals surface area contributed by atoms with Crippen LogP contribution in [0.3, 0.4) is 0 Å². The van der Waals surface area contributed by atoms with Gasteiger partial charge in [-0.05, 0) is 74.3 Å². The summed E-state index contributed by atoms with van der Waals surface area (Å²) in [5.74, 6) is 0.201. The zero-order chi connectivity index (χ0) is 27.8. The summed E-state index contributed by atoms with van der Waals surface area (Å²) in [7, 11) is 0.